The van der Waals surface area contributed by atoms with Gasteiger partial charge in [-0.1, -0.05) is 182 Å². The lowest BCUT2D eigenvalue weighted by molar-refractivity contribution is -0.150. The summed E-state index contributed by atoms with van der Waals surface area (Å²) in [5.74, 6) is 1.47. The highest BCUT2D eigenvalue weighted by Crippen LogP contribution is 2.16. The summed E-state index contributed by atoms with van der Waals surface area (Å²) in [6.45, 7) is 11.5. The number of unbranched alkanes of at least 4 members (excludes halogenated alkanes) is 22. The van der Waals surface area contributed by atoms with Crippen LogP contribution in [0.15, 0.2) is 0 Å². The third kappa shape index (κ3) is 35.4. The predicted molar refractivity (Wildman–Crippen MR) is 190 cm³/mol. The zero-order chi connectivity index (χ0) is 32.5. The lowest BCUT2D eigenvalue weighted by Gasteiger charge is -2.13. The van der Waals surface area contributed by atoms with Crippen LogP contribution in [-0.4, -0.2) is 24.6 Å². The van der Waals surface area contributed by atoms with Gasteiger partial charge in [0.15, 0.2) is 0 Å². The highest BCUT2D eigenvalue weighted by Gasteiger charge is 2.11. The Morgan fingerprint density at radius 1 is 0.386 bits per heavy atom. The quantitative estimate of drug-likeness (QED) is 0.0529. The molecule has 1 unspecified atom stereocenters. The number of hydrogen-bond acceptors (Lipinski definition) is 4. The fraction of sp³-hybridized carbons (Fsp3) is 0.950. The molecular formula is C40H78O4. The van der Waals surface area contributed by atoms with Crippen LogP contribution in [0.5, 0.6) is 0 Å². The predicted octanol–water partition coefficient (Wildman–Crippen LogP) is 13.1. The molecule has 0 radical (unpaired) electrons. The van der Waals surface area contributed by atoms with E-state index in [4.69, 9.17) is 9.47 Å². The van der Waals surface area contributed by atoms with Gasteiger partial charge in [0, 0.05) is 19.3 Å². The highest BCUT2D eigenvalue weighted by molar-refractivity contribution is 5.69. The van der Waals surface area contributed by atoms with Gasteiger partial charge >= 0.3 is 11.9 Å². The van der Waals surface area contributed by atoms with Crippen LogP contribution in [0.25, 0.3) is 0 Å². The fourth-order valence-corrected chi connectivity index (χ4v) is 5.93. The first kappa shape index (κ1) is 42.9. The van der Waals surface area contributed by atoms with E-state index in [9.17, 15) is 9.59 Å². The second kappa shape index (κ2) is 33.3. The van der Waals surface area contributed by atoms with Gasteiger partial charge in [-0.15, -0.1) is 0 Å². The number of ether oxygens (including phenoxy) is 2. The normalized spacial score (nSPS) is 12.2. The van der Waals surface area contributed by atoms with Gasteiger partial charge in [-0.3, -0.25) is 9.59 Å². The molecule has 4 heteroatoms. The molecule has 262 valence electrons. The molecule has 0 aromatic carbocycles. The minimum absolute atomic E-state index is 0.116. The largest absolute Gasteiger partial charge is 0.466 e. The first-order valence-electron chi connectivity index (χ1n) is 19.7. The van der Waals surface area contributed by atoms with Crippen LogP contribution in [-0.2, 0) is 19.1 Å². The van der Waals surface area contributed by atoms with Crippen molar-refractivity contribution in [2.24, 2.45) is 11.8 Å². The van der Waals surface area contributed by atoms with Crippen molar-refractivity contribution in [3.63, 3.8) is 0 Å². The van der Waals surface area contributed by atoms with E-state index in [0.717, 1.165) is 37.5 Å². The van der Waals surface area contributed by atoms with Crippen LogP contribution >= 0.6 is 0 Å². The van der Waals surface area contributed by atoms with E-state index in [1.54, 1.807) is 0 Å². The Kier molecular flexibility index (Phi) is 32.5. The van der Waals surface area contributed by atoms with Crippen molar-refractivity contribution in [2.45, 2.75) is 227 Å². The minimum atomic E-state index is -0.199. The molecule has 0 aromatic heterocycles. The van der Waals surface area contributed by atoms with Crippen molar-refractivity contribution < 1.29 is 19.1 Å². The topological polar surface area (TPSA) is 52.6 Å². The molecule has 0 rings (SSSR count). The summed E-state index contributed by atoms with van der Waals surface area (Å²) >= 11 is 0. The maximum absolute atomic E-state index is 12.1. The monoisotopic (exact) mass is 623 g/mol. The van der Waals surface area contributed by atoms with Crippen molar-refractivity contribution in [2.75, 3.05) is 6.61 Å². The third-order valence-electron chi connectivity index (χ3n) is 8.94. The molecule has 4 nitrogen and oxygen atoms in total. The van der Waals surface area contributed by atoms with E-state index in [0.29, 0.717) is 25.9 Å². The number of esters is 2. The van der Waals surface area contributed by atoms with Gasteiger partial charge in [0.05, 0.1) is 6.61 Å². The summed E-state index contributed by atoms with van der Waals surface area (Å²) in [5, 5.41) is 0. The molecule has 0 spiro atoms. The van der Waals surface area contributed by atoms with Crippen molar-refractivity contribution >= 4 is 11.9 Å². The lowest BCUT2D eigenvalue weighted by atomic mass is 10.0. The highest BCUT2D eigenvalue weighted by atomic mass is 16.6. The molecule has 44 heavy (non-hydrogen) atoms. The Bertz CT molecular complexity index is 614. The molecule has 0 aliphatic rings. The number of hydrogen-bond donors (Lipinski definition) is 0. The van der Waals surface area contributed by atoms with Crippen molar-refractivity contribution in [3.05, 3.63) is 0 Å². The van der Waals surface area contributed by atoms with Gasteiger partial charge in [0.25, 0.3) is 0 Å². The van der Waals surface area contributed by atoms with Crippen LogP contribution in [0, 0.1) is 11.8 Å². The second-order valence-corrected chi connectivity index (χ2v) is 14.7. The second-order valence-electron chi connectivity index (χ2n) is 14.7. The van der Waals surface area contributed by atoms with Crippen LogP contribution < -0.4 is 0 Å². The Morgan fingerprint density at radius 3 is 1.02 bits per heavy atom. The van der Waals surface area contributed by atoms with Crippen molar-refractivity contribution in [1.82, 2.24) is 0 Å². The van der Waals surface area contributed by atoms with E-state index in [1.807, 2.05) is 6.92 Å². The van der Waals surface area contributed by atoms with Crippen LogP contribution in [0.1, 0.15) is 221 Å². The maximum Gasteiger partial charge on any atom is 0.306 e. The smallest absolute Gasteiger partial charge is 0.306 e. The van der Waals surface area contributed by atoms with Crippen molar-refractivity contribution in [1.29, 1.82) is 0 Å². The van der Waals surface area contributed by atoms with Gasteiger partial charge in [0.2, 0.25) is 0 Å². The molecule has 0 aromatic rings. The summed E-state index contributed by atoms with van der Waals surface area (Å²) in [5.41, 5.74) is 0. The lowest BCUT2D eigenvalue weighted by Crippen LogP contribution is -2.18. The number of rotatable bonds is 34. The van der Waals surface area contributed by atoms with E-state index in [-0.39, 0.29) is 18.0 Å². The standard InChI is InChI=1S/C40H78O4/c1-36(2)30-26-22-18-14-10-6-8-12-16-20-24-28-32-39(41)43-35-34-38(5)44-40(42)33-29-25-21-17-13-9-7-11-15-19-23-27-31-37(3)4/h36-38H,6-35H2,1-5H3. The summed E-state index contributed by atoms with van der Waals surface area (Å²) in [7, 11) is 0. The Labute approximate surface area is 276 Å². The Hall–Kier alpha value is -1.06. The minimum Gasteiger partial charge on any atom is -0.466 e. The Morgan fingerprint density at radius 2 is 0.682 bits per heavy atom. The third-order valence-corrected chi connectivity index (χ3v) is 8.94. The zero-order valence-corrected chi connectivity index (χ0v) is 30.6. The molecular weight excluding hydrogens is 544 g/mol. The average Bonchev–Trinajstić information content (AvgIpc) is 2.97. The van der Waals surface area contributed by atoms with Gasteiger partial charge in [0.1, 0.15) is 6.10 Å². The fourth-order valence-electron chi connectivity index (χ4n) is 5.93. The first-order chi connectivity index (χ1) is 21.3. The molecule has 0 fully saturated rings. The molecule has 0 aliphatic heterocycles. The van der Waals surface area contributed by atoms with Gasteiger partial charge < -0.3 is 9.47 Å². The molecule has 0 amide bonds. The molecule has 0 saturated heterocycles. The molecule has 0 saturated carbocycles. The van der Waals surface area contributed by atoms with E-state index >= 15 is 0 Å². The SMILES string of the molecule is CC(C)CCCCCCCCCCCCCCC(=O)OCCC(C)OC(=O)CCCCCCCCCCCCCCC(C)C. The van der Waals surface area contributed by atoms with Gasteiger partial charge in [-0.05, 0) is 31.6 Å². The number of carbonyl (C=O) groups excluding carboxylic acids is 2. The summed E-state index contributed by atoms with van der Waals surface area (Å²) in [6, 6.07) is 0. The summed E-state index contributed by atoms with van der Waals surface area (Å²) in [6.07, 6.45) is 35.3. The summed E-state index contributed by atoms with van der Waals surface area (Å²) in [4.78, 5) is 24.1. The zero-order valence-electron chi connectivity index (χ0n) is 30.6. The summed E-state index contributed by atoms with van der Waals surface area (Å²) < 4.78 is 10.9. The van der Waals surface area contributed by atoms with E-state index in [2.05, 4.69) is 27.7 Å². The Balaban J connectivity index is 3.39. The van der Waals surface area contributed by atoms with E-state index in [1.165, 1.54) is 141 Å². The molecule has 0 bridgehead atoms. The average molecular weight is 623 g/mol. The maximum atomic E-state index is 12.1. The van der Waals surface area contributed by atoms with Crippen molar-refractivity contribution in [3.8, 4) is 0 Å². The van der Waals surface area contributed by atoms with Gasteiger partial charge in [-0.25, -0.2) is 0 Å². The molecule has 0 aliphatic carbocycles. The van der Waals surface area contributed by atoms with Crippen LogP contribution in [0.2, 0.25) is 0 Å². The molecule has 0 heterocycles. The molecule has 1 atom stereocenters. The number of carbonyl (C=O) groups is 2. The van der Waals surface area contributed by atoms with Crippen LogP contribution in [0.4, 0.5) is 0 Å². The van der Waals surface area contributed by atoms with Crippen LogP contribution in [0.3, 0.4) is 0 Å². The molecule has 0 N–H and O–H groups in total. The van der Waals surface area contributed by atoms with E-state index < -0.39 is 0 Å². The first-order valence-corrected chi connectivity index (χ1v) is 19.7. The van der Waals surface area contributed by atoms with Gasteiger partial charge in [-0.2, -0.15) is 0 Å².